The maximum absolute atomic E-state index is 13.5. The maximum atomic E-state index is 13.5. The summed E-state index contributed by atoms with van der Waals surface area (Å²) < 4.78 is 19.0. The van der Waals surface area contributed by atoms with E-state index < -0.39 is 0 Å². The van der Waals surface area contributed by atoms with Crippen LogP contribution >= 0.6 is 11.3 Å². The van der Waals surface area contributed by atoms with Crippen LogP contribution in [-0.2, 0) is 11.2 Å². The maximum Gasteiger partial charge on any atom is 0.231 e. The first kappa shape index (κ1) is 20.5. The summed E-state index contributed by atoms with van der Waals surface area (Å²) in [6.45, 7) is 1.23. The molecule has 0 radical (unpaired) electrons. The van der Waals surface area contributed by atoms with Crippen LogP contribution in [-0.4, -0.2) is 39.0 Å². The minimum atomic E-state index is -0.347. The van der Waals surface area contributed by atoms with Gasteiger partial charge >= 0.3 is 0 Å². The Morgan fingerprint density at radius 3 is 2.81 bits per heavy atom. The fourth-order valence-electron chi connectivity index (χ4n) is 3.92. The fourth-order valence-corrected chi connectivity index (χ4v) is 4.75. The molecule has 6 nitrogen and oxygen atoms in total. The van der Waals surface area contributed by atoms with E-state index in [1.165, 1.54) is 12.1 Å². The Hall–Kier alpha value is -3.39. The van der Waals surface area contributed by atoms with Crippen molar-refractivity contribution in [2.24, 2.45) is 0 Å². The Balaban J connectivity index is 1.24. The molecule has 1 unspecified atom stereocenters. The molecule has 0 bridgehead atoms. The van der Waals surface area contributed by atoms with Crippen LogP contribution in [0.15, 0.2) is 64.5 Å². The van der Waals surface area contributed by atoms with Gasteiger partial charge in [-0.3, -0.25) is 4.79 Å². The molecule has 0 spiro atoms. The highest BCUT2D eigenvalue weighted by Crippen LogP contribution is 2.29. The Labute approximate surface area is 188 Å². The summed E-state index contributed by atoms with van der Waals surface area (Å²) >= 11 is 1.55. The van der Waals surface area contributed by atoms with Crippen LogP contribution in [0.3, 0.4) is 0 Å². The topological polar surface area (TPSA) is 72.1 Å². The zero-order valence-corrected chi connectivity index (χ0v) is 18.1. The third kappa shape index (κ3) is 4.45. The monoisotopic (exact) mass is 448 g/mol. The van der Waals surface area contributed by atoms with E-state index in [-0.39, 0.29) is 24.1 Å². The molecule has 1 saturated heterocycles. The third-order valence-corrected chi connectivity index (χ3v) is 6.49. The van der Waals surface area contributed by atoms with Gasteiger partial charge in [0.05, 0.1) is 18.0 Å². The van der Waals surface area contributed by atoms with Gasteiger partial charge in [0.2, 0.25) is 17.6 Å². The van der Waals surface area contributed by atoms with Crippen LogP contribution < -0.4 is 0 Å². The number of carbonyl (C=O) groups excluding carboxylic acids is 1. The lowest BCUT2D eigenvalue weighted by molar-refractivity contribution is -0.131. The van der Waals surface area contributed by atoms with Gasteiger partial charge in [0.1, 0.15) is 10.8 Å². The molecule has 0 N–H and O–H groups in total. The lowest BCUT2D eigenvalue weighted by atomic mass is 9.97. The molecule has 5 rings (SSSR count). The van der Waals surface area contributed by atoms with Gasteiger partial charge in [0.15, 0.2) is 0 Å². The number of amides is 1. The van der Waals surface area contributed by atoms with Gasteiger partial charge in [-0.2, -0.15) is 4.98 Å². The summed E-state index contributed by atoms with van der Waals surface area (Å²) in [5.41, 5.74) is 2.41. The standard InChI is InChI=1S/C24H21FN4O2S/c25-19-10-4-8-17(12-19)22-27-23(31-28-22)18-9-5-11-29(14-18)21(30)13-20-15-32-24(26-20)16-6-2-1-3-7-16/h1-4,6-8,10,12,15,18H,5,9,11,13-14H2. The van der Waals surface area contributed by atoms with Gasteiger partial charge in [-0.1, -0.05) is 47.6 Å². The number of thiazole rings is 1. The minimum absolute atomic E-state index is 0.0298. The number of hydrogen-bond acceptors (Lipinski definition) is 6. The molecular formula is C24H21FN4O2S. The van der Waals surface area contributed by atoms with Gasteiger partial charge in [-0.25, -0.2) is 9.37 Å². The lowest BCUT2D eigenvalue weighted by Gasteiger charge is -2.30. The molecule has 3 heterocycles. The molecule has 1 aliphatic rings. The summed E-state index contributed by atoms with van der Waals surface area (Å²) in [4.78, 5) is 23.9. The molecule has 2 aromatic heterocycles. The summed E-state index contributed by atoms with van der Waals surface area (Å²) in [7, 11) is 0. The van der Waals surface area contributed by atoms with Crippen molar-refractivity contribution < 1.29 is 13.7 Å². The summed E-state index contributed by atoms with van der Waals surface area (Å²) in [5.74, 6) is 0.517. The largest absolute Gasteiger partial charge is 0.342 e. The molecule has 0 saturated carbocycles. The number of nitrogens with zero attached hydrogens (tertiary/aromatic N) is 4. The normalized spacial score (nSPS) is 16.3. The van der Waals surface area contributed by atoms with Gasteiger partial charge < -0.3 is 9.42 Å². The van der Waals surface area contributed by atoms with Crippen LogP contribution in [0.4, 0.5) is 4.39 Å². The second-order valence-corrected chi connectivity index (χ2v) is 8.69. The van der Waals surface area contributed by atoms with Crippen LogP contribution in [0, 0.1) is 5.82 Å². The Morgan fingerprint density at radius 1 is 1.12 bits per heavy atom. The van der Waals surface area contributed by atoms with Crippen molar-refractivity contribution in [3.8, 4) is 22.0 Å². The number of piperidine rings is 1. The zero-order valence-electron chi connectivity index (χ0n) is 17.3. The van der Waals surface area contributed by atoms with Gasteiger partial charge in [0.25, 0.3) is 0 Å². The second-order valence-electron chi connectivity index (χ2n) is 7.83. The van der Waals surface area contributed by atoms with Crippen LogP contribution in [0.2, 0.25) is 0 Å². The molecule has 1 fully saturated rings. The summed E-state index contributed by atoms with van der Waals surface area (Å²) in [6, 6.07) is 16.1. The Kier molecular flexibility index (Phi) is 5.77. The molecule has 0 aliphatic carbocycles. The predicted molar refractivity (Wildman–Crippen MR) is 120 cm³/mol. The van der Waals surface area contributed by atoms with Crippen molar-refractivity contribution in [3.05, 3.63) is 77.4 Å². The van der Waals surface area contributed by atoms with Gasteiger partial charge in [-0.15, -0.1) is 11.3 Å². The Bertz CT molecular complexity index is 1220. The zero-order chi connectivity index (χ0) is 21.9. The highest BCUT2D eigenvalue weighted by atomic mass is 32.1. The van der Waals surface area contributed by atoms with Crippen molar-refractivity contribution >= 4 is 17.2 Å². The molecule has 4 aromatic rings. The quantitative estimate of drug-likeness (QED) is 0.432. The highest BCUT2D eigenvalue weighted by Gasteiger charge is 2.29. The molecule has 1 atom stereocenters. The van der Waals surface area contributed by atoms with Crippen LogP contribution in [0.5, 0.6) is 0 Å². The van der Waals surface area contributed by atoms with E-state index in [0.29, 0.717) is 30.4 Å². The molecule has 1 amide bonds. The number of aromatic nitrogens is 3. The van der Waals surface area contributed by atoms with Crippen LogP contribution in [0.1, 0.15) is 30.3 Å². The number of hydrogen-bond donors (Lipinski definition) is 0. The minimum Gasteiger partial charge on any atom is -0.342 e. The molecule has 1 aliphatic heterocycles. The van der Waals surface area contributed by atoms with E-state index in [0.717, 1.165) is 29.1 Å². The SMILES string of the molecule is O=C(Cc1csc(-c2ccccc2)n1)N1CCCC(c2nc(-c3cccc(F)c3)no2)C1. The van der Waals surface area contributed by atoms with Crippen molar-refractivity contribution in [3.63, 3.8) is 0 Å². The molecular weight excluding hydrogens is 427 g/mol. The van der Waals surface area contributed by atoms with E-state index in [2.05, 4.69) is 15.1 Å². The summed E-state index contributed by atoms with van der Waals surface area (Å²) in [6.07, 6.45) is 2.00. The molecule has 162 valence electrons. The fraction of sp³-hybridized carbons (Fsp3) is 0.250. The smallest absolute Gasteiger partial charge is 0.231 e. The van der Waals surface area contributed by atoms with E-state index in [1.54, 1.807) is 23.5 Å². The van der Waals surface area contributed by atoms with E-state index in [9.17, 15) is 9.18 Å². The van der Waals surface area contributed by atoms with Crippen LogP contribution in [0.25, 0.3) is 22.0 Å². The van der Waals surface area contributed by atoms with Crippen molar-refractivity contribution in [1.82, 2.24) is 20.0 Å². The first-order valence-corrected chi connectivity index (χ1v) is 11.4. The van der Waals surface area contributed by atoms with Crippen molar-refractivity contribution in [2.45, 2.75) is 25.2 Å². The number of carbonyl (C=O) groups is 1. The molecule has 32 heavy (non-hydrogen) atoms. The van der Waals surface area contributed by atoms with E-state index in [1.807, 2.05) is 40.6 Å². The lowest BCUT2D eigenvalue weighted by Crippen LogP contribution is -2.40. The van der Waals surface area contributed by atoms with Gasteiger partial charge in [0, 0.05) is 29.6 Å². The number of halogens is 1. The van der Waals surface area contributed by atoms with Gasteiger partial charge in [-0.05, 0) is 25.0 Å². The number of benzene rings is 2. The summed E-state index contributed by atoms with van der Waals surface area (Å²) in [5, 5.41) is 6.87. The predicted octanol–water partition coefficient (Wildman–Crippen LogP) is 4.95. The van der Waals surface area contributed by atoms with Crippen molar-refractivity contribution in [1.29, 1.82) is 0 Å². The average Bonchev–Trinajstić information content (AvgIpc) is 3.50. The number of likely N-dealkylation sites (tertiary alicyclic amines) is 1. The Morgan fingerprint density at radius 2 is 1.97 bits per heavy atom. The average molecular weight is 449 g/mol. The van der Waals surface area contributed by atoms with E-state index in [4.69, 9.17) is 4.52 Å². The van der Waals surface area contributed by atoms with E-state index >= 15 is 0 Å². The third-order valence-electron chi connectivity index (χ3n) is 5.55. The first-order chi connectivity index (χ1) is 15.7. The highest BCUT2D eigenvalue weighted by molar-refractivity contribution is 7.13. The molecule has 8 heteroatoms. The first-order valence-electron chi connectivity index (χ1n) is 10.5. The number of rotatable bonds is 5. The second kappa shape index (κ2) is 9.00. The molecule has 2 aromatic carbocycles. The van der Waals surface area contributed by atoms with Crippen molar-refractivity contribution in [2.75, 3.05) is 13.1 Å².